The van der Waals surface area contributed by atoms with Crippen molar-refractivity contribution in [1.82, 2.24) is 15.5 Å². The summed E-state index contributed by atoms with van der Waals surface area (Å²) in [5.41, 5.74) is 2.62. The molecule has 0 fully saturated rings. The normalized spacial score (nSPS) is 12.0. The van der Waals surface area contributed by atoms with Crippen LogP contribution in [0.5, 0.6) is 0 Å². The van der Waals surface area contributed by atoms with E-state index in [4.69, 9.17) is 11.6 Å². The monoisotopic (exact) mass is 343 g/mol. The van der Waals surface area contributed by atoms with Gasteiger partial charge in [0.05, 0.1) is 11.7 Å². The van der Waals surface area contributed by atoms with Crippen LogP contribution >= 0.6 is 11.6 Å². The highest BCUT2D eigenvalue weighted by molar-refractivity contribution is 6.30. The van der Waals surface area contributed by atoms with Gasteiger partial charge in [0.25, 0.3) is 5.91 Å². The summed E-state index contributed by atoms with van der Waals surface area (Å²) in [6.07, 6.45) is 0. The number of amides is 1. The van der Waals surface area contributed by atoms with E-state index in [1.165, 1.54) is 12.1 Å². The fraction of sp³-hybridized carbons (Fsp3) is 0.111. The number of benzene rings is 2. The highest BCUT2D eigenvalue weighted by Crippen LogP contribution is 2.21. The molecule has 0 aliphatic heterocycles. The largest absolute Gasteiger partial charge is 0.344 e. The maximum atomic E-state index is 13.0. The van der Waals surface area contributed by atoms with Crippen molar-refractivity contribution in [2.45, 2.75) is 13.0 Å². The third-order valence-corrected chi connectivity index (χ3v) is 3.90. The Labute approximate surface area is 143 Å². The number of H-pyrrole nitrogens is 1. The summed E-state index contributed by atoms with van der Waals surface area (Å²) >= 11 is 5.97. The number of nitrogens with one attached hydrogen (secondary N) is 2. The molecule has 1 amide bonds. The van der Waals surface area contributed by atoms with E-state index < -0.39 is 0 Å². The van der Waals surface area contributed by atoms with Gasteiger partial charge in [-0.2, -0.15) is 5.10 Å². The molecule has 0 spiro atoms. The lowest BCUT2D eigenvalue weighted by Crippen LogP contribution is -2.26. The van der Waals surface area contributed by atoms with Gasteiger partial charge in [0.15, 0.2) is 0 Å². The van der Waals surface area contributed by atoms with Crippen molar-refractivity contribution in [3.05, 3.63) is 76.7 Å². The van der Waals surface area contributed by atoms with E-state index in [-0.39, 0.29) is 17.8 Å². The van der Waals surface area contributed by atoms with Crippen molar-refractivity contribution in [2.24, 2.45) is 0 Å². The van der Waals surface area contributed by atoms with Crippen LogP contribution in [0.4, 0.5) is 4.39 Å². The van der Waals surface area contributed by atoms with Gasteiger partial charge < -0.3 is 5.32 Å². The minimum atomic E-state index is -0.308. The average molecular weight is 344 g/mol. The number of rotatable bonds is 4. The van der Waals surface area contributed by atoms with Crippen molar-refractivity contribution < 1.29 is 9.18 Å². The number of carbonyl (C=O) groups is 1. The third-order valence-electron chi connectivity index (χ3n) is 3.66. The first-order chi connectivity index (χ1) is 11.5. The number of carbonyl (C=O) groups excluding carboxylic acids is 1. The molecule has 0 saturated heterocycles. The van der Waals surface area contributed by atoms with E-state index in [0.29, 0.717) is 16.4 Å². The highest BCUT2D eigenvalue weighted by atomic mass is 35.5. The Kier molecular flexibility index (Phi) is 4.62. The SMILES string of the molecule is C[C@H](NC(=O)c1cc(-c2cccc(Cl)c2)n[nH]1)c1ccc(F)cc1. The Hall–Kier alpha value is -2.66. The van der Waals surface area contributed by atoms with Crippen LogP contribution in [0, 0.1) is 5.82 Å². The van der Waals surface area contributed by atoms with E-state index in [9.17, 15) is 9.18 Å². The molecule has 1 aromatic heterocycles. The molecule has 3 rings (SSSR count). The van der Waals surface area contributed by atoms with Crippen LogP contribution in [0.15, 0.2) is 54.6 Å². The Balaban J connectivity index is 1.73. The lowest BCUT2D eigenvalue weighted by molar-refractivity contribution is 0.0935. The van der Waals surface area contributed by atoms with Gasteiger partial charge in [-0.15, -0.1) is 0 Å². The number of hydrogen-bond donors (Lipinski definition) is 2. The molecular formula is C18H15ClFN3O. The first-order valence-corrected chi connectivity index (χ1v) is 7.78. The summed E-state index contributed by atoms with van der Waals surface area (Å²) in [6.45, 7) is 1.83. The predicted molar refractivity (Wildman–Crippen MR) is 91.3 cm³/mol. The fourth-order valence-corrected chi connectivity index (χ4v) is 2.53. The molecule has 1 atom stereocenters. The van der Waals surface area contributed by atoms with Gasteiger partial charge in [-0.1, -0.05) is 35.9 Å². The van der Waals surface area contributed by atoms with Gasteiger partial charge >= 0.3 is 0 Å². The standard InChI is InChI=1S/C18H15ClFN3O/c1-11(12-5-7-15(20)8-6-12)21-18(24)17-10-16(22-23-17)13-3-2-4-14(19)9-13/h2-11H,1H3,(H,21,24)(H,22,23)/t11-/m0/s1. The molecule has 3 aromatic rings. The molecule has 1 heterocycles. The van der Waals surface area contributed by atoms with Gasteiger partial charge in [0, 0.05) is 10.6 Å². The van der Waals surface area contributed by atoms with E-state index in [1.54, 1.807) is 30.3 Å². The zero-order valence-electron chi connectivity index (χ0n) is 12.9. The molecule has 2 N–H and O–H groups in total. The van der Waals surface area contributed by atoms with Gasteiger partial charge in [0.2, 0.25) is 0 Å². The minimum Gasteiger partial charge on any atom is -0.344 e. The lowest BCUT2D eigenvalue weighted by Gasteiger charge is -2.13. The summed E-state index contributed by atoms with van der Waals surface area (Å²) in [5.74, 6) is -0.593. The number of aromatic nitrogens is 2. The molecular weight excluding hydrogens is 329 g/mol. The van der Waals surface area contributed by atoms with Crippen molar-refractivity contribution in [3.8, 4) is 11.3 Å². The maximum Gasteiger partial charge on any atom is 0.269 e. The Bertz CT molecular complexity index is 861. The van der Waals surface area contributed by atoms with E-state index in [2.05, 4.69) is 15.5 Å². The zero-order chi connectivity index (χ0) is 17.1. The number of nitrogens with zero attached hydrogens (tertiary/aromatic N) is 1. The van der Waals surface area contributed by atoms with E-state index >= 15 is 0 Å². The van der Waals surface area contributed by atoms with Crippen LogP contribution in [0.3, 0.4) is 0 Å². The molecule has 4 nitrogen and oxygen atoms in total. The van der Waals surface area contributed by atoms with Gasteiger partial charge in [-0.3, -0.25) is 9.89 Å². The van der Waals surface area contributed by atoms with Crippen LogP contribution in [0.2, 0.25) is 5.02 Å². The molecule has 0 radical (unpaired) electrons. The molecule has 0 bridgehead atoms. The quantitative estimate of drug-likeness (QED) is 0.739. The number of hydrogen-bond acceptors (Lipinski definition) is 2. The summed E-state index contributed by atoms with van der Waals surface area (Å²) < 4.78 is 13.0. The van der Waals surface area contributed by atoms with Crippen molar-refractivity contribution >= 4 is 17.5 Å². The van der Waals surface area contributed by atoms with E-state index in [1.807, 2.05) is 19.1 Å². The first kappa shape index (κ1) is 16.2. The summed E-state index contributed by atoms with van der Waals surface area (Å²) in [4.78, 5) is 12.3. The highest BCUT2D eigenvalue weighted by Gasteiger charge is 2.14. The van der Waals surface area contributed by atoms with Gasteiger partial charge in [-0.25, -0.2) is 4.39 Å². The molecule has 2 aromatic carbocycles. The Morgan fingerprint density at radius 3 is 2.67 bits per heavy atom. The molecule has 122 valence electrons. The number of aromatic amines is 1. The fourth-order valence-electron chi connectivity index (χ4n) is 2.34. The summed E-state index contributed by atoms with van der Waals surface area (Å²) in [6, 6.07) is 14.7. The third kappa shape index (κ3) is 3.63. The topological polar surface area (TPSA) is 57.8 Å². The Morgan fingerprint density at radius 1 is 1.21 bits per heavy atom. The van der Waals surface area contributed by atoms with Crippen molar-refractivity contribution in [1.29, 1.82) is 0 Å². The Morgan fingerprint density at radius 2 is 1.96 bits per heavy atom. The second-order valence-corrected chi connectivity index (χ2v) is 5.86. The first-order valence-electron chi connectivity index (χ1n) is 7.40. The molecule has 24 heavy (non-hydrogen) atoms. The predicted octanol–water partition coefficient (Wildman–Crippen LogP) is 4.36. The van der Waals surface area contributed by atoms with Gasteiger partial charge in [0.1, 0.15) is 11.5 Å². The summed E-state index contributed by atoms with van der Waals surface area (Å²) in [7, 11) is 0. The smallest absolute Gasteiger partial charge is 0.269 e. The van der Waals surface area contributed by atoms with Crippen molar-refractivity contribution in [3.63, 3.8) is 0 Å². The molecule has 0 unspecified atom stereocenters. The second-order valence-electron chi connectivity index (χ2n) is 5.42. The van der Waals surface area contributed by atoms with Crippen LogP contribution in [0.1, 0.15) is 29.0 Å². The average Bonchev–Trinajstić information content (AvgIpc) is 3.05. The molecule has 6 heteroatoms. The summed E-state index contributed by atoms with van der Waals surface area (Å²) in [5, 5.41) is 10.3. The maximum absolute atomic E-state index is 13.0. The van der Waals surface area contributed by atoms with Crippen LogP contribution in [-0.4, -0.2) is 16.1 Å². The lowest BCUT2D eigenvalue weighted by atomic mass is 10.1. The van der Waals surface area contributed by atoms with Crippen molar-refractivity contribution in [2.75, 3.05) is 0 Å². The number of halogens is 2. The molecule has 0 aliphatic carbocycles. The zero-order valence-corrected chi connectivity index (χ0v) is 13.6. The van der Waals surface area contributed by atoms with E-state index in [0.717, 1.165) is 11.1 Å². The molecule has 0 saturated carbocycles. The van der Waals surface area contributed by atoms with Crippen LogP contribution < -0.4 is 5.32 Å². The van der Waals surface area contributed by atoms with Crippen LogP contribution in [0.25, 0.3) is 11.3 Å². The molecule has 0 aliphatic rings. The second kappa shape index (κ2) is 6.84. The minimum absolute atomic E-state index is 0.254. The van der Waals surface area contributed by atoms with Crippen LogP contribution in [-0.2, 0) is 0 Å². The van der Waals surface area contributed by atoms with Gasteiger partial charge in [-0.05, 0) is 42.8 Å².